The average molecular weight is 490 g/mol. The molecule has 0 unspecified atom stereocenters. The number of H-pyrrole nitrogens is 2. The van der Waals surface area contributed by atoms with Gasteiger partial charge in [-0.25, -0.2) is 0 Å². The van der Waals surface area contributed by atoms with Gasteiger partial charge in [-0.15, -0.1) is 0 Å². The zero-order valence-corrected chi connectivity index (χ0v) is 20.1. The van der Waals surface area contributed by atoms with E-state index in [-0.39, 0.29) is 28.5 Å². The molecular weight excluding hydrogens is 462 g/mol. The smallest absolute Gasteiger partial charge is 0.274 e. The highest BCUT2D eigenvalue weighted by Gasteiger charge is 2.26. The van der Waals surface area contributed by atoms with Gasteiger partial charge in [0.15, 0.2) is 22.5 Å². The Morgan fingerprint density at radius 2 is 1.81 bits per heavy atom. The lowest BCUT2D eigenvalue weighted by Gasteiger charge is -2.17. The normalized spacial score (nSPS) is 15.2. The Morgan fingerprint density at radius 1 is 1.06 bits per heavy atom. The minimum Gasteiger partial charge on any atom is -0.504 e. The summed E-state index contributed by atoms with van der Waals surface area (Å²) in [7, 11) is 1.39. The standard InChI is InChI=1S/C27H27N3O6/c1-13-17(31)10-9-16-22-25(36-24(13)16)20(14-11-18(32)23(33)19(12-14)35-2)21-26(28-22)30(29-27(21)34)15-7-5-3-4-6-8-15/h9-12,15,28,32-33H,3-8H2,1-2H3,(H,29,34). The molecule has 3 aromatic heterocycles. The number of phenolic OH excluding ortho intramolecular Hbond substituents is 2. The Kier molecular flexibility index (Phi) is 5.10. The molecule has 1 saturated carbocycles. The van der Waals surface area contributed by atoms with Crippen LogP contribution in [0.5, 0.6) is 17.2 Å². The van der Waals surface area contributed by atoms with Crippen LogP contribution in [0.15, 0.2) is 38.3 Å². The molecular formula is C27H27N3O6. The van der Waals surface area contributed by atoms with Gasteiger partial charge < -0.3 is 24.4 Å². The highest BCUT2D eigenvalue weighted by Crippen LogP contribution is 2.45. The molecule has 0 saturated heterocycles. The second-order valence-electron chi connectivity index (χ2n) is 9.60. The van der Waals surface area contributed by atoms with Crippen LogP contribution in [0.3, 0.4) is 0 Å². The van der Waals surface area contributed by atoms with Crippen LogP contribution in [0.2, 0.25) is 0 Å². The molecule has 0 bridgehead atoms. The monoisotopic (exact) mass is 489 g/mol. The van der Waals surface area contributed by atoms with Gasteiger partial charge in [0.2, 0.25) is 5.75 Å². The number of furan rings is 1. The van der Waals surface area contributed by atoms with E-state index in [4.69, 9.17) is 9.15 Å². The number of aromatic hydroxyl groups is 2. The number of phenols is 2. The SMILES string of the molecule is COc1cc(-c2c3oc4c(C)c(=O)ccc4c3[nH]c3c2c(=O)[nH]n3C2CCCCCC2)cc(O)c1O. The van der Waals surface area contributed by atoms with Crippen molar-refractivity contribution in [3.63, 3.8) is 0 Å². The fourth-order valence-electron chi connectivity index (χ4n) is 5.57. The van der Waals surface area contributed by atoms with Crippen molar-refractivity contribution in [1.82, 2.24) is 14.8 Å². The van der Waals surface area contributed by atoms with Crippen molar-refractivity contribution in [3.05, 3.63) is 50.4 Å². The first kappa shape index (κ1) is 22.3. The zero-order chi connectivity index (χ0) is 25.1. The summed E-state index contributed by atoms with van der Waals surface area (Å²) < 4.78 is 13.4. The Balaban J connectivity index is 1.78. The molecule has 0 aliphatic heterocycles. The first-order chi connectivity index (χ1) is 17.4. The third-order valence-electron chi connectivity index (χ3n) is 7.46. The molecule has 0 radical (unpaired) electrons. The molecule has 6 rings (SSSR count). The van der Waals surface area contributed by atoms with Crippen molar-refractivity contribution < 1.29 is 19.4 Å². The number of methoxy groups -OCH3 is 1. The number of pyridine rings is 1. The summed E-state index contributed by atoms with van der Waals surface area (Å²) in [4.78, 5) is 29.3. The molecule has 1 aliphatic carbocycles. The topological polar surface area (TPSA) is 133 Å². The van der Waals surface area contributed by atoms with Crippen molar-refractivity contribution >= 4 is 33.1 Å². The van der Waals surface area contributed by atoms with E-state index < -0.39 is 5.75 Å². The Bertz CT molecular complexity index is 1760. The second-order valence-corrected chi connectivity index (χ2v) is 9.60. The fourth-order valence-corrected chi connectivity index (χ4v) is 5.57. The first-order valence-corrected chi connectivity index (χ1v) is 12.2. The number of benzene rings is 2. The summed E-state index contributed by atoms with van der Waals surface area (Å²) in [5.74, 6) is -0.710. The van der Waals surface area contributed by atoms with E-state index in [1.54, 1.807) is 19.1 Å². The maximum absolute atomic E-state index is 13.5. The zero-order valence-electron chi connectivity index (χ0n) is 20.1. The number of nitrogens with zero attached hydrogens (tertiary/aromatic N) is 1. The number of nitrogens with one attached hydrogen (secondary N) is 2. The summed E-state index contributed by atoms with van der Waals surface area (Å²) in [6.45, 7) is 1.71. The molecule has 3 heterocycles. The van der Waals surface area contributed by atoms with Crippen LogP contribution in [0.1, 0.15) is 50.1 Å². The van der Waals surface area contributed by atoms with Gasteiger partial charge in [-0.05, 0) is 49.6 Å². The quantitative estimate of drug-likeness (QED) is 0.203. The summed E-state index contributed by atoms with van der Waals surface area (Å²) in [6.07, 6.45) is 6.44. The lowest BCUT2D eigenvalue weighted by Crippen LogP contribution is -2.13. The highest BCUT2D eigenvalue weighted by molar-refractivity contribution is 6.15. The van der Waals surface area contributed by atoms with Crippen molar-refractivity contribution in [2.75, 3.05) is 7.11 Å². The van der Waals surface area contributed by atoms with E-state index in [9.17, 15) is 19.8 Å². The molecule has 9 heteroatoms. The van der Waals surface area contributed by atoms with Crippen molar-refractivity contribution in [2.45, 2.75) is 51.5 Å². The largest absolute Gasteiger partial charge is 0.504 e. The van der Waals surface area contributed by atoms with Crippen molar-refractivity contribution in [3.8, 4) is 28.4 Å². The molecule has 186 valence electrons. The summed E-state index contributed by atoms with van der Waals surface area (Å²) in [5, 5.41) is 24.8. The van der Waals surface area contributed by atoms with Crippen LogP contribution >= 0.6 is 0 Å². The molecule has 5 aromatic rings. The van der Waals surface area contributed by atoms with E-state index in [0.29, 0.717) is 44.4 Å². The van der Waals surface area contributed by atoms with Gasteiger partial charge in [-0.1, -0.05) is 25.7 Å². The third kappa shape index (κ3) is 3.22. The van der Waals surface area contributed by atoms with Crippen LogP contribution in [0, 0.1) is 6.92 Å². The molecule has 2 aromatic carbocycles. The molecule has 0 atom stereocenters. The molecule has 0 spiro atoms. The first-order valence-electron chi connectivity index (χ1n) is 12.2. The van der Waals surface area contributed by atoms with Crippen LogP contribution < -0.4 is 15.7 Å². The van der Waals surface area contributed by atoms with Gasteiger partial charge in [0.25, 0.3) is 5.56 Å². The lowest BCUT2D eigenvalue weighted by molar-refractivity contribution is 0.351. The number of hydrogen-bond acceptors (Lipinski definition) is 6. The maximum atomic E-state index is 13.5. The molecule has 9 nitrogen and oxygen atoms in total. The number of hydrogen-bond donors (Lipinski definition) is 4. The van der Waals surface area contributed by atoms with Gasteiger partial charge in [0, 0.05) is 16.5 Å². The van der Waals surface area contributed by atoms with Gasteiger partial charge in [0.1, 0.15) is 11.2 Å². The predicted octanol–water partition coefficient (Wildman–Crippen LogP) is 5.21. The van der Waals surface area contributed by atoms with E-state index >= 15 is 0 Å². The minimum atomic E-state index is -0.391. The van der Waals surface area contributed by atoms with Gasteiger partial charge in [-0.2, -0.15) is 0 Å². The van der Waals surface area contributed by atoms with Crippen LogP contribution in [-0.4, -0.2) is 32.1 Å². The van der Waals surface area contributed by atoms with Gasteiger partial charge >= 0.3 is 0 Å². The van der Waals surface area contributed by atoms with E-state index in [2.05, 4.69) is 10.1 Å². The maximum Gasteiger partial charge on any atom is 0.274 e. The molecule has 36 heavy (non-hydrogen) atoms. The average Bonchev–Trinajstić information content (AvgIpc) is 3.26. The Labute approximate surface area is 204 Å². The molecule has 0 amide bonds. The Morgan fingerprint density at radius 3 is 2.53 bits per heavy atom. The van der Waals surface area contributed by atoms with Gasteiger partial charge in [0.05, 0.1) is 24.1 Å². The molecule has 1 aliphatic rings. The fraction of sp³-hybridized carbons (Fsp3) is 0.333. The van der Waals surface area contributed by atoms with Gasteiger partial charge in [-0.3, -0.25) is 19.4 Å². The Hall–Kier alpha value is -4.14. The van der Waals surface area contributed by atoms with Crippen molar-refractivity contribution in [2.24, 2.45) is 0 Å². The highest BCUT2D eigenvalue weighted by atomic mass is 16.5. The number of aromatic nitrogens is 3. The predicted molar refractivity (Wildman–Crippen MR) is 137 cm³/mol. The second kappa shape index (κ2) is 8.22. The third-order valence-corrected chi connectivity index (χ3v) is 7.46. The summed E-state index contributed by atoms with van der Waals surface area (Å²) >= 11 is 0. The minimum absolute atomic E-state index is 0.0629. The van der Waals surface area contributed by atoms with E-state index in [1.165, 1.54) is 32.1 Å². The summed E-state index contributed by atoms with van der Waals surface area (Å²) in [5.41, 5.74) is 3.00. The number of aromatic amines is 2. The number of aryl methyl sites for hydroxylation is 1. The molecule has 4 N–H and O–H groups in total. The van der Waals surface area contributed by atoms with Crippen LogP contribution in [0.25, 0.3) is 44.2 Å². The van der Waals surface area contributed by atoms with Crippen molar-refractivity contribution in [1.29, 1.82) is 0 Å². The van der Waals surface area contributed by atoms with E-state index in [0.717, 1.165) is 31.1 Å². The lowest BCUT2D eigenvalue weighted by atomic mass is 10.0. The summed E-state index contributed by atoms with van der Waals surface area (Å²) in [6, 6.07) is 6.31. The molecule has 1 fully saturated rings. The van der Waals surface area contributed by atoms with Crippen LogP contribution in [0.4, 0.5) is 0 Å². The van der Waals surface area contributed by atoms with Crippen LogP contribution in [-0.2, 0) is 0 Å². The number of rotatable bonds is 3. The number of fused-ring (bicyclic) bond motifs is 4. The number of ether oxygens (including phenoxy) is 1. The van der Waals surface area contributed by atoms with E-state index in [1.807, 2.05) is 4.68 Å².